The molecular formula is C43H57F2N5O5. The number of halogens is 2. The van der Waals surface area contributed by atoms with Gasteiger partial charge in [0.2, 0.25) is 0 Å². The van der Waals surface area contributed by atoms with Crippen LogP contribution in [0, 0.1) is 22.5 Å². The molecule has 2 N–H and O–H groups in total. The largest absolute Gasteiger partial charge is 0.508 e. The van der Waals surface area contributed by atoms with Crippen LogP contribution in [0.4, 0.5) is 14.6 Å². The van der Waals surface area contributed by atoms with E-state index >= 15 is 8.78 Å². The molecule has 2 aromatic carbocycles. The van der Waals surface area contributed by atoms with Crippen LogP contribution in [-0.4, -0.2) is 101 Å². The number of aliphatic hydroxyl groups is 1. The zero-order valence-electron chi connectivity index (χ0n) is 33.3. The highest BCUT2D eigenvalue weighted by molar-refractivity contribution is 6.01. The van der Waals surface area contributed by atoms with Crippen molar-refractivity contribution >= 4 is 27.5 Å². The highest BCUT2D eigenvalue weighted by atomic mass is 19.1. The maximum absolute atomic E-state index is 17.1. The van der Waals surface area contributed by atoms with E-state index in [1.54, 1.807) is 26.2 Å². The van der Waals surface area contributed by atoms with Crippen LogP contribution < -0.4 is 9.64 Å². The van der Waals surface area contributed by atoms with Gasteiger partial charge in [-0.1, -0.05) is 40.2 Å². The van der Waals surface area contributed by atoms with E-state index in [1.807, 2.05) is 25.7 Å². The van der Waals surface area contributed by atoms with E-state index in [9.17, 15) is 10.2 Å². The summed E-state index contributed by atoms with van der Waals surface area (Å²) in [4.78, 5) is 18.8. The molecule has 2 saturated heterocycles. The molecule has 298 valence electrons. The van der Waals surface area contributed by atoms with Gasteiger partial charge < -0.3 is 29.3 Å². The molecule has 0 radical (unpaired) electrons. The van der Waals surface area contributed by atoms with Crippen molar-refractivity contribution in [1.82, 2.24) is 19.9 Å². The molecule has 3 atom stereocenters. The van der Waals surface area contributed by atoms with E-state index in [4.69, 9.17) is 24.2 Å². The second kappa shape index (κ2) is 15.7. The molecule has 4 aliphatic rings. The zero-order valence-corrected chi connectivity index (χ0v) is 33.3. The predicted molar refractivity (Wildman–Crippen MR) is 211 cm³/mol. The average molecular weight is 762 g/mol. The third kappa shape index (κ3) is 7.59. The van der Waals surface area contributed by atoms with Crippen molar-refractivity contribution in [3.05, 3.63) is 47.7 Å². The number of hydrogen-bond acceptors (Lipinski definition) is 10. The van der Waals surface area contributed by atoms with E-state index in [0.29, 0.717) is 65.9 Å². The molecule has 0 bridgehead atoms. The van der Waals surface area contributed by atoms with Crippen LogP contribution in [0.1, 0.15) is 85.1 Å². The summed E-state index contributed by atoms with van der Waals surface area (Å²) in [5.74, 6) is -0.823. The average Bonchev–Trinajstić information content (AvgIpc) is 3.51. The number of hydrogen-bond donors (Lipinski definition) is 2. The number of methoxy groups -OCH3 is 1. The number of aromatic nitrogens is 3. The van der Waals surface area contributed by atoms with Crippen molar-refractivity contribution in [2.75, 3.05) is 58.0 Å². The number of anilines is 1. The molecule has 4 heterocycles. The number of benzene rings is 2. The number of nitrogens with zero attached hydrogens (tertiary/aromatic N) is 5. The molecule has 0 spiro atoms. The molecule has 12 heteroatoms. The summed E-state index contributed by atoms with van der Waals surface area (Å²) in [6, 6.07) is 6.35. The molecule has 55 heavy (non-hydrogen) atoms. The van der Waals surface area contributed by atoms with Crippen LogP contribution in [0.15, 0.2) is 30.5 Å². The van der Waals surface area contributed by atoms with Crippen molar-refractivity contribution in [3.8, 4) is 23.0 Å². The number of likely N-dealkylation sites (tertiary alicyclic amines) is 1. The lowest BCUT2D eigenvalue weighted by molar-refractivity contribution is -0.0877. The van der Waals surface area contributed by atoms with Crippen LogP contribution in [-0.2, 0) is 15.9 Å². The fraction of sp³-hybridized carbons (Fsp3) is 0.605. The lowest BCUT2D eigenvalue weighted by atomic mass is 9.66. The van der Waals surface area contributed by atoms with Crippen LogP contribution in [0.2, 0.25) is 0 Å². The second-order valence-electron chi connectivity index (χ2n) is 16.7. The summed E-state index contributed by atoms with van der Waals surface area (Å²) in [6.45, 7) is 13.5. The molecule has 3 unspecified atom stereocenters. The first-order valence-corrected chi connectivity index (χ1v) is 20.2. The van der Waals surface area contributed by atoms with Gasteiger partial charge in [-0.05, 0) is 98.4 Å². The lowest BCUT2D eigenvalue weighted by Crippen LogP contribution is -2.57. The minimum absolute atomic E-state index is 0.00195. The quantitative estimate of drug-likeness (QED) is 0.175. The van der Waals surface area contributed by atoms with Gasteiger partial charge in [-0.3, -0.25) is 9.88 Å². The van der Waals surface area contributed by atoms with Gasteiger partial charge in [0.25, 0.3) is 0 Å². The van der Waals surface area contributed by atoms with Gasteiger partial charge in [-0.2, -0.15) is 9.97 Å². The molecular weight excluding hydrogens is 704 g/mol. The van der Waals surface area contributed by atoms with Crippen LogP contribution in [0.5, 0.6) is 11.8 Å². The summed E-state index contributed by atoms with van der Waals surface area (Å²) in [5.41, 5.74) is -0.369. The van der Waals surface area contributed by atoms with Gasteiger partial charge in [0.05, 0.1) is 37.9 Å². The minimum Gasteiger partial charge on any atom is -0.508 e. The third-order valence-electron chi connectivity index (χ3n) is 12.4. The first kappa shape index (κ1) is 39.5. The van der Waals surface area contributed by atoms with Crippen molar-refractivity contribution in [3.63, 3.8) is 0 Å². The molecule has 2 aliphatic carbocycles. The first-order valence-electron chi connectivity index (χ1n) is 20.2. The van der Waals surface area contributed by atoms with E-state index in [-0.39, 0.29) is 52.5 Å². The zero-order chi connectivity index (χ0) is 39.1. The highest BCUT2D eigenvalue weighted by Gasteiger charge is 2.51. The summed E-state index contributed by atoms with van der Waals surface area (Å²) in [7, 11) is 1.80. The maximum Gasteiger partial charge on any atom is 0.319 e. The number of phenolic OH excluding ortho intramolecular Hbond substituents is 1. The monoisotopic (exact) mass is 761 g/mol. The Morgan fingerprint density at radius 1 is 1.05 bits per heavy atom. The van der Waals surface area contributed by atoms with Gasteiger partial charge in [0.1, 0.15) is 34.2 Å². The van der Waals surface area contributed by atoms with Crippen molar-refractivity contribution in [1.29, 1.82) is 0 Å². The number of β-amino-alcohol motifs (C(OH)–C–C–N with tert-alkyl or cyclic N) is 1. The fourth-order valence-corrected chi connectivity index (χ4v) is 9.97. The lowest BCUT2D eigenvalue weighted by Gasteiger charge is -2.52. The Kier molecular flexibility index (Phi) is 11.3. The Hall–Kier alpha value is -3.71. The van der Waals surface area contributed by atoms with Gasteiger partial charge >= 0.3 is 6.01 Å². The van der Waals surface area contributed by atoms with E-state index in [1.165, 1.54) is 18.3 Å². The highest BCUT2D eigenvalue weighted by Crippen LogP contribution is 2.51. The fourth-order valence-electron chi connectivity index (χ4n) is 9.97. The smallest absolute Gasteiger partial charge is 0.319 e. The van der Waals surface area contributed by atoms with E-state index in [2.05, 4.69) is 16.8 Å². The Morgan fingerprint density at radius 2 is 1.84 bits per heavy atom. The molecule has 10 nitrogen and oxygen atoms in total. The number of pyridine rings is 1. The van der Waals surface area contributed by atoms with E-state index in [0.717, 1.165) is 58.0 Å². The number of phenols is 1. The SMILES string of the molecule is CC.CCc1c(F)ccc2cc(O)cc(-c3ncc4c(N5CCOCC(C)(O)C5)nc(OCC56CCCC5N(CC5(C)CC(OC)C5)CCC6)nc4c3F)c12. The van der Waals surface area contributed by atoms with Crippen molar-refractivity contribution in [2.45, 2.75) is 104 Å². The van der Waals surface area contributed by atoms with Crippen LogP contribution >= 0.6 is 0 Å². The van der Waals surface area contributed by atoms with Gasteiger partial charge in [0.15, 0.2) is 5.82 Å². The van der Waals surface area contributed by atoms with Gasteiger partial charge in [-0.25, -0.2) is 8.78 Å². The number of fused-ring (bicyclic) bond motifs is 3. The number of aromatic hydroxyl groups is 1. The predicted octanol–water partition coefficient (Wildman–Crippen LogP) is 7.83. The third-order valence-corrected chi connectivity index (χ3v) is 12.4. The summed E-state index contributed by atoms with van der Waals surface area (Å²) < 4.78 is 50.2. The Bertz CT molecular complexity index is 2020. The van der Waals surface area contributed by atoms with Gasteiger partial charge in [0, 0.05) is 43.4 Å². The summed E-state index contributed by atoms with van der Waals surface area (Å²) in [5, 5.41) is 23.2. The summed E-state index contributed by atoms with van der Waals surface area (Å²) >= 11 is 0. The molecule has 4 fully saturated rings. The topological polar surface area (TPSA) is 113 Å². The number of aryl methyl sites for hydroxylation is 1. The normalized spacial score (nSPS) is 28.3. The van der Waals surface area contributed by atoms with Gasteiger partial charge in [-0.15, -0.1) is 0 Å². The molecule has 2 aliphatic heterocycles. The Balaban J connectivity index is 0.00000229. The number of ether oxygens (including phenoxy) is 3. The molecule has 0 amide bonds. The van der Waals surface area contributed by atoms with Crippen molar-refractivity contribution < 1.29 is 33.2 Å². The number of piperidine rings is 1. The summed E-state index contributed by atoms with van der Waals surface area (Å²) in [6.07, 6.45) is 9.79. The molecule has 2 saturated carbocycles. The van der Waals surface area contributed by atoms with Crippen molar-refractivity contribution in [2.24, 2.45) is 10.8 Å². The Labute approximate surface area is 323 Å². The second-order valence-corrected chi connectivity index (χ2v) is 16.7. The molecule has 4 aromatic rings. The molecule has 2 aromatic heterocycles. The minimum atomic E-state index is -1.18. The molecule has 8 rings (SSSR count). The Morgan fingerprint density at radius 3 is 2.60 bits per heavy atom. The number of rotatable bonds is 9. The first-order chi connectivity index (χ1) is 26.4. The maximum atomic E-state index is 17.1. The van der Waals surface area contributed by atoms with Crippen LogP contribution in [0.3, 0.4) is 0 Å². The van der Waals surface area contributed by atoms with E-state index < -0.39 is 17.2 Å². The standard InChI is InChI=1S/C41H51F2N5O5.C2H6/c1-5-28-31(42)10-9-25-16-26(49)17-29(33(25)28)35-34(43)36-30(20-44-35)37(48-14-15-52-23-40(3,50)22-48)46-38(45-36)53-24-41-11-6-8-32(41)47(13-7-12-41)21-39(2)18-27(19-39)51-4;1-2/h9-10,16-17,20,27,32,49-50H,5-8,11-15,18-19,21-24H2,1-4H3;1-2H3. The van der Waals surface area contributed by atoms with Crippen LogP contribution in [0.25, 0.3) is 32.9 Å².